The highest BCUT2D eigenvalue weighted by molar-refractivity contribution is 5.70. The van der Waals surface area contributed by atoms with Crippen LogP contribution in [-0.4, -0.2) is 11.1 Å². The SMILES string of the molecule is C/C1=C/C[C@@H]2[C@H]([C@H](C)C(=O)O)CC[C@@]2(C)C/C=C(\C)C/C=C2\[C@H]1CC[C@@H]2C. The summed E-state index contributed by atoms with van der Waals surface area (Å²) in [4.78, 5) is 11.7. The van der Waals surface area contributed by atoms with Crippen molar-refractivity contribution in [1.29, 1.82) is 0 Å². The van der Waals surface area contributed by atoms with Gasteiger partial charge >= 0.3 is 5.97 Å². The second-order valence-corrected chi connectivity index (χ2v) is 9.97. The number of aliphatic carboxylic acids is 1. The normalized spacial score (nSPS) is 44.3. The number of rotatable bonds is 2. The minimum atomic E-state index is -0.627. The number of fused-ring (bicyclic) bond motifs is 2. The molecule has 2 saturated carbocycles. The summed E-state index contributed by atoms with van der Waals surface area (Å²) in [6, 6.07) is 0. The lowest BCUT2D eigenvalue weighted by atomic mass is 9.69. The summed E-state index contributed by atoms with van der Waals surface area (Å²) in [5, 5.41) is 9.64. The first-order valence-electron chi connectivity index (χ1n) is 11.0. The van der Waals surface area contributed by atoms with Gasteiger partial charge in [0.05, 0.1) is 5.92 Å². The molecule has 2 nitrogen and oxygen atoms in total. The fraction of sp³-hybridized carbons (Fsp3) is 0.720. The van der Waals surface area contributed by atoms with Crippen LogP contribution in [0.15, 0.2) is 34.9 Å². The molecule has 0 spiro atoms. The van der Waals surface area contributed by atoms with Crippen LogP contribution in [0.2, 0.25) is 0 Å². The fourth-order valence-electron chi connectivity index (χ4n) is 6.05. The van der Waals surface area contributed by atoms with Gasteiger partial charge in [-0.25, -0.2) is 0 Å². The molecule has 0 aliphatic heterocycles. The summed E-state index contributed by atoms with van der Waals surface area (Å²) in [5.74, 6) is 1.20. The molecular weight excluding hydrogens is 332 g/mol. The molecule has 2 fully saturated rings. The summed E-state index contributed by atoms with van der Waals surface area (Å²) in [6.07, 6.45) is 15.4. The Morgan fingerprint density at radius 3 is 2.63 bits per heavy atom. The second kappa shape index (κ2) is 7.97. The molecule has 27 heavy (non-hydrogen) atoms. The molecule has 0 aromatic rings. The van der Waals surface area contributed by atoms with Gasteiger partial charge < -0.3 is 5.11 Å². The van der Waals surface area contributed by atoms with Crippen LogP contribution >= 0.6 is 0 Å². The van der Waals surface area contributed by atoms with Crippen molar-refractivity contribution < 1.29 is 9.90 Å². The Labute approximate surface area is 165 Å². The molecule has 0 aromatic heterocycles. The number of allylic oxidation sites excluding steroid dienone is 6. The summed E-state index contributed by atoms with van der Waals surface area (Å²) >= 11 is 0. The van der Waals surface area contributed by atoms with Gasteiger partial charge in [0.1, 0.15) is 0 Å². The summed E-state index contributed by atoms with van der Waals surface area (Å²) < 4.78 is 0. The van der Waals surface area contributed by atoms with Gasteiger partial charge in [-0.1, -0.05) is 55.7 Å². The summed E-state index contributed by atoms with van der Waals surface area (Å²) in [7, 11) is 0. The van der Waals surface area contributed by atoms with Crippen LogP contribution in [0.4, 0.5) is 0 Å². The van der Waals surface area contributed by atoms with E-state index < -0.39 is 5.97 Å². The number of carbonyl (C=O) groups is 1. The largest absolute Gasteiger partial charge is 0.481 e. The van der Waals surface area contributed by atoms with E-state index in [1.807, 2.05) is 6.92 Å². The first-order valence-corrected chi connectivity index (χ1v) is 11.0. The summed E-state index contributed by atoms with van der Waals surface area (Å²) in [6.45, 7) is 11.3. The number of carboxylic acid groups (broad SMARTS) is 1. The maximum atomic E-state index is 11.7. The molecule has 2 heteroatoms. The monoisotopic (exact) mass is 370 g/mol. The van der Waals surface area contributed by atoms with Crippen molar-refractivity contribution in [3.63, 3.8) is 0 Å². The van der Waals surface area contributed by atoms with E-state index >= 15 is 0 Å². The van der Waals surface area contributed by atoms with Crippen molar-refractivity contribution >= 4 is 5.97 Å². The Bertz CT molecular complexity index is 668. The van der Waals surface area contributed by atoms with Crippen LogP contribution < -0.4 is 0 Å². The molecule has 150 valence electrons. The molecule has 0 aromatic carbocycles. The predicted molar refractivity (Wildman–Crippen MR) is 112 cm³/mol. The van der Waals surface area contributed by atoms with E-state index in [2.05, 4.69) is 45.9 Å². The van der Waals surface area contributed by atoms with Crippen molar-refractivity contribution in [3.8, 4) is 0 Å². The zero-order valence-corrected chi connectivity index (χ0v) is 17.9. The van der Waals surface area contributed by atoms with Crippen LogP contribution in [-0.2, 0) is 4.79 Å². The van der Waals surface area contributed by atoms with Crippen molar-refractivity contribution in [3.05, 3.63) is 34.9 Å². The third kappa shape index (κ3) is 4.10. The highest BCUT2D eigenvalue weighted by Gasteiger charge is 2.47. The maximum absolute atomic E-state index is 11.7. The first kappa shape index (κ1) is 20.4. The molecule has 6 atom stereocenters. The number of hydrogen-bond acceptors (Lipinski definition) is 1. The second-order valence-electron chi connectivity index (χ2n) is 9.97. The molecule has 0 radical (unpaired) electrons. The molecule has 1 N–H and O–H groups in total. The van der Waals surface area contributed by atoms with E-state index in [9.17, 15) is 9.90 Å². The van der Waals surface area contributed by atoms with Gasteiger partial charge in [0.25, 0.3) is 0 Å². The quantitative estimate of drug-likeness (QED) is 0.543. The van der Waals surface area contributed by atoms with Gasteiger partial charge in [0.15, 0.2) is 0 Å². The van der Waals surface area contributed by atoms with Crippen LogP contribution in [0.25, 0.3) is 0 Å². The average molecular weight is 371 g/mol. The molecule has 0 heterocycles. The minimum absolute atomic E-state index is 0.223. The van der Waals surface area contributed by atoms with Gasteiger partial charge in [-0.2, -0.15) is 0 Å². The van der Waals surface area contributed by atoms with Gasteiger partial charge in [-0.05, 0) is 82.0 Å². The first-order chi connectivity index (χ1) is 12.7. The molecular formula is C25H38O2. The van der Waals surface area contributed by atoms with Crippen molar-refractivity contribution in [2.45, 2.75) is 79.6 Å². The van der Waals surface area contributed by atoms with Gasteiger partial charge in [0.2, 0.25) is 0 Å². The lowest BCUT2D eigenvalue weighted by Crippen LogP contribution is -2.30. The van der Waals surface area contributed by atoms with Crippen LogP contribution in [0.3, 0.4) is 0 Å². The molecule has 0 amide bonds. The fourth-order valence-corrected chi connectivity index (χ4v) is 6.05. The number of carboxylic acids is 1. The van der Waals surface area contributed by atoms with E-state index in [0.29, 0.717) is 23.7 Å². The molecule has 0 unspecified atom stereocenters. The Morgan fingerprint density at radius 1 is 1.19 bits per heavy atom. The Kier molecular flexibility index (Phi) is 6.03. The summed E-state index contributed by atoms with van der Waals surface area (Å²) in [5.41, 5.74) is 4.85. The van der Waals surface area contributed by atoms with Crippen LogP contribution in [0.1, 0.15) is 79.6 Å². The lowest BCUT2D eigenvalue weighted by Gasteiger charge is -2.35. The molecule has 0 saturated heterocycles. The van der Waals surface area contributed by atoms with Crippen LogP contribution in [0, 0.1) is 35.0 Å². The highest BCUT2D eigenvalue weighted by Crippen LogP contribution is 2.54. The lowest BCUT2D eigenvalue weighted by molar-refractivity contribution is -0.143. The Morgan fingerprint density at radius 2 is 1.93 bits per heavy atom. The van der Waals surface area contributed by atoms with E-state index in [-0.39, 0.29) is 11.3 Å². The smallest absolute Gasteiger partial charge is 0.306 e. The van der Waals surface area contributed by atoms with Gasteiger partial charge in [0, 0.05) is 5.92 Å². The molecule has 3 aliphatic rings. The van der Waals surface area contributed by atoms with Crippen molar-refractivity contribution in [2.24, 2.45) is 35.0 Å². The highest BCUT2D eigenvalue weighted by atomic mass is 16.4. The van der Waals surface area contributed by atoms with E-state index in [1.165, 1.54) is 24.0 Å². The zero-order chi connectivity index (χ0) is 19.8. The van der Waals surface area contributed by atoms with Gasteiger partial charge in [-0.15, -0.1) is 0 Å². The third-order valence-electron chi connectivity index (χ3n) is 8.17. The van der Waals surface area contributed by atoms with Crippen LogP contribution in [0.5, 0.6) is 0 Å². The number of hydrogen-bond donors (Lipinski definition) is 1. The third-order valence-corrected chi connectivity index (χ3v) is 8.17. The van der Waals surface area contributed by atoms with E-state index in [1.54, 1.807) is 5.57 Å². The molecule has 3 aliphatic carbocycles. The Hall–Kier alpha value is -1.31. The minimum Gasteiger partial charge on any atom is -0.481 e. The van der Waals surface area contributed by atoms with Gasteiger partial charge in [-0.3, -0.25) is 4.79 Å². The van der Waals surface area contributed by atoms with E-state index in [4.69, 9.17) is 0 Å². The standard InChI is InChI=1S/C25H38O2/c1-16-6-9-20-17(2)7-10-21(20)18(3)8-11-23-22(19(4)24(26)27)13-15-25(23,5)14-12-16/h8-9,12,17,19,21-23H,6-7,10-11,13-15H2,1-5H3,(H,26,27)/b16-12+,18-8-,20-9-/t17-,19-,21-,22-,23+,25+/m0/s1. The Balaban J connectivity index is 1.96. The average Bonchev–Trinajstić information content (AvgIpc) is 3.15. The zero-order valence-electron chi connectivity index (χ0n) is 17.9. The maximum Gasteiger partial charge on any atom is 0.306 e. The predicted octanol–water partition coefficient (Wildman–Crippen LogP) is 6.79. The molecule has 0 bridgehead atoms. The molecule has 3 rings (SSSR count). The van der Waals surface area contributed by atoms with Crippen molar-refractivity contribution in [1.82, 2.24) is 0 Å². The van der Waals surface area contributed by atoms with Crippen molar-refractivity contribution in [2.75, 3.05) is 0 Å². The topological polar surface area (TPSA) is 37.3 Å². The van der Waals surface area contributed by atoms with E-state index in [0.717, 1.165) is 32.1 Å².